The van der Waals surface area contributed by atoms with Crippen LogP contribution in [0.2, 0.25) is 0 Å². The molecule has 0 spiro atoms. The van der Waals surface area contributed by atoms with Gasteiger partial charge >= 0.3 is 0 Å². The van der Waals surface area contributed by atoms with Gasteiger partial charge in [0, 0.05) is 25.6 Å². The van der Waals surface area contributed by atoms with Crippen molar-refractivity contribution < 1.29 is 9.59 Å². The second-order valence-electron chi connectivity index (χ2n) is 6.47. The van der Waals surface area contributed by atoms with E-state index in [1.807, 2.05) is 47.9 Å². The molecule has 0 bridgehead atoms. The molecule has 2 aromatic heterocycles. The number of hydrogen-bond donors (Lipinski definition) is 1. The molecule has 152 valence electrons. The van der Waals surface area contributed by atoms with E-state index < -0.39 is 0 Å². The Morgan fingerprint density at radius 3 is 2.59 bits per heavy atom. The van der Waals surface area contributed by atoms with E-state index >= 15 is 0 Å². The first-order chi connectivity index (χ1) is 13.9. The molecule has 3 rings (SSSR count). The molecule has 3 aromatic rings. The van der Waals surface area contributed by atoms with Gasteiger partial charge in [-0.15, -0.1) is 21.5 Å². The Balaban J connectivity index is 1.77. The van der Waals surface area contributed by atoms with Gasteiger partial charge in [0.15, 0.2) is 10.9 Å². The van der Waals surface area contributed by atoms with Crippen LogP contribution in [0.25, 0.3) is 5.69 Å². The lowest BCUT2D eigenvalue weighted by molar-refractivity contribution is -0.118. The zero-order chi connectivity index (χ0) is 20.8. The summed E-state index contributed by atoms with van der Waals surface area (Å²) >= 11 is 6.21. The Kier molecular flexibility index (Phi) is 7.63. The van der Waals surface area contributed by atoms with Crippen molar-refractivity contribution in [2.24, 2.45) is 0 Å². The van der Waals surface area contributed by atoms with Crippen molar-refractivity contribution in [2.75, 3.05) is 12.3 Å². The third-order valence-corrected chi connectivity index (χ3v) is 6.72. The molecule has 0 radical (unpaired) electrons. The molecule has 1 N–H and O–H groups in total. The molecule has 0 aliphatic rings. The smallest absolute Gasteiger partial charge is 0.216 e. The van der Waals surface area contributed by atoms with E-state index in [9.17, 15) is 9.59 Å². The van der Waals surface area contributed by atoms with E-state index in [1.54, 1.807) is 0 Å². The highest BCUT2D eigenvalue weighted by Gasteiger charge is 2.17. The fourth-order valence-electron chi connectivity index (χ4n) is 2.69. The third kappa shape index (κ3) is 6.01. The molecule has 2 heterocycles. The molecule has 1 aromatic carbocycles. The number of carbonyl (C=O) groups excluding carboxylic acids is 2. The van der Waals surface area contributed by atoms with Gasteiger partial charge in [0.2, 0.25) is 5.91 Å². The van der Waals surface area contributed by atoms with Crippen LogP contribution in [0.4, 0.5) is 0 Å². The Labute approximate surface area is 186 Å². The fourth-order valence-corrected chi connectivity index (χ4v) is 4.95. The lowest BCUT2D eigenvalue weighted by atomic mass is 10.2. The van der Waals surface area contributed by atoms with E-state index in [2.05, 4.69) is 31.4 Å². The maximum absolute atomic E-state index is 12.5. The predicted molar refractivity (Wildman–Crippen MR) is 120 cm³/mol. The standard InChI is InChI=1S/C20H21BrN4O2S2/c1-13-5-7-15(8-6-13)25-19(4-3-11-22-14(2)26)23-24-20(25)28-12-16(27)17-9-10-18(21)29-17/h5-10H,3-4,11-12H2,1-2H3,(H,22,26). The average Bonchev–Trinajstić information content (AvgIpc) is 3.30. The van der Waals surface area contributed by atoms with E-state index in [-0.39, 0.29) is 11.7 Å². The summed E-state index contributed by atoms with van der Waals surface area (Å²) in [6.45, 7) is 4.13. The number of aromatic nitrogens is 3. The summed E-state index contributed by atoms with van der Waals surface area (Å²) in [6.07, 6.45) is 1.43. The lowest BCUT2D eigenvalue weighted by Gasteiger charge is -2.10. The topological polar surface area (TPSA) is 76.9 Å². The Hall–Kier alpha value is -1.97. The predicted octanol–water partition coefficient (Wildman–Crippen LogP) is 4.44. The Bertz CT molecular complexity index is 998. The van der Waals surface area contributed by atoms with Crippen LogP contribution in [0.3, 0.4) is 0 Å². The number of benzene rings is 1. The highest BCUT2D eigenvalue weighted by Crippen LogP contribution is 2.27. The van der Waals surface area contributed by atoms with Crippen LogP contribution in [0.5, 0.6) is 0 Å². The van der Waals surface area contributed by atoms with Crippen LogP contribution < -0.4 is 5.32 Å². The minimum absolute atomic E-state index is 0.0417. The van der Waals surface area contributed by atoms with Crippen molar-refractivity contribution in [3.05, 3.63) is 56.4 Å². The number of aryl methyl sites for hydroxylation is 2. The van der Waals surface area contributed by atoms with Crippen molar-refractivity contribution in [3.63, 3.8) is 0 Å². The minimum atomic E-state index is -0.0417. The molecule has 6 nitrogen and oxygen atoms in total. The van der Waals surface area contributed by atoms with Gasteiger partial charge in [0.25, 0.3) is 0 Å². The van der Waals surface area contributed by atoms with E-state index in [1.165, 1.54) is 35.6 Å². The number of rotatable bonds is 9. The summed E-state index contributed by atoms with van der Waals surface area (Å²) in [5, 5.41) is 12.2. The highest BCUT2D eigenvalue weighted by molar-refractivity contribution is 9.11. The first-order valence-electron chi connectivity index (χ1n) is 9.11. The van der Waals surface area contributed by atoms with Crippen LogP contribution in [0.1, 0.15) is 34.4 Å². The molecule has 9 heteroatoms. The summed E-state index contributed by atoms with van der Waals surface area (Å²) in [4.78, 5) is 24.3. The number of Topliss-reactive ketones (excluding diaryl/α,β-unsaturated/α-hetero) is 1. The minimum Gasteiger partial charge on any atom is -0.356 e. The maximum atomic E-state index is 12.5. The number of carbonyl (C=O) groups is 2. The molecular weight excluding hydrogens is 472 g/mol. The van der Waals surface area contributed by atoms with Gasteiger partial charge in [-0.2, -0.15) is 0 Å². The molecule has 0 aliphatic heterocycles. The molecule has 29 heavy (non-hydrogen) atoms. The monoisotopic (exact) mass is 492 g/mol. The van der Waals surface area contributed by atoms with E-state index in [4.69, 9.17) is 0 Å². The number of halogens is 1. The van der Waals surface area contributed by atoms with Crippen molar-refractivity contribution in [3.8, 4) is 5.69 Å². The lowest BCUT2D eigenvalue weighted by Crippen LogP contribution is -2.21. The van der Waals surface area contributed by atoms with Crippen LogP contribution in [0, 0.1) is 6.92 Å². The van der Waals surface area contributed by atoms with Crippen LogP contribution in [-0.2, 0) is 11.2 Å². The molecule has 0 saturated carbocycles. The maximum Gasteiger partial charge on any atom is 0.216 e. The number of hydrogen-bond acceptors (Lipinski definition) is 6. The summed E-state index contributed by atoms with van der Waals surface area (Å²) < 4.78 is 2.94. The third-order valence-electron chi connectivity index (χ3n) is 4.12. The first kappa shape index (κ1) is 21.7. The molecule has 0 aliphatic carbocycles. The van der Waals surface area contributed by atoms with Gasteiger partial charge in [0.05, 0.1) is 14.4 Å². The van der Waals surface area contributed by atoms with Crippen molar-refractivity contribution in [1.29, 1.82) is 0 Å². The second-order valence-corrected chi connectivity index (χ2v) is 9.88. The van der Waals surface area contributed by atoms with E-state index in [0.717, 1.165) is 26.6 Å². The number of thiophene rings is 1. The normalized spacial score (nSPS) is 10.9. The largest absolute Gasteiger partial charge is 0.356 e. The average molecular weight is 493 g/mol. The zero-order valence-electron chi connectivity index (χ0n) is 16.1. The molecule has 0 unspecified atom stereocenters. The van der Waals surface area contributed by atoms with Crippen LogP contribution in [-0.4, -0.2) is 38.8 Å². The summed E-state index contributed by atoms with van der Waals surface area (Å²) in [6, 6.07) is 11.8. The van der Waals surface area contributed by atoms with Gasteiger partial charge in [-0.05, 0) is 53.5 Å². The number of amides is 1. The van der Waals surface area contributed by atoms with Gasteiger partial charge in [-0.1, -0.05) is 29.5 Å². The summed E-state index contributed by atoms with van der Waals surface area (Å²) in [5.41, 5.74) is 2.13. The highest BCUT2D eigenvalue weighted by atomic mass is 79.9. The van der Waals surface area contributed by atoms with Gasteiger partial charge < -0.3 is 5.32 Å². The fraction of sp³-hybridized carbons (Fsp3) is 0.300. The van der Waals surface area contributed by atoms with Gasteiger partial charge in [-0.25, -0.2) is 0 Å². The van der Waals surface area contributed by atoms with Crippen molar-refractivity contribution in [2.45, 2.75) is 31.8 Å². The van der Waals surface area contributed by atoms with Crippen molar-refractivity contribution in [1.82, 2.24) is 20.1 Å². The molecule has 0 atom stereocenters. The van der Waals surface area contributed by atoms with E-state index in [0.29, 0.717) is 23.9 Å². The van der Waals surface area contributed by atoms with Gasteiger partial charge in [0.1, 0.15) is 5.82 Å². The Morgan fingerprint density at radius 1 is 1.17 bits per heavy atom. The zero-order valence-corrected chi connectivity index (χ0v) is 19.4. The van der Waals surface area contributed by atoms with Crippen LogP contribution in [0.15, 0.2) is 45.3 Å². The van der Waals surface area contributed by atoms with Crippen LogP contribution >= 0.6 is 39.0 Å². The first-order valence-corrected chi connectivity index (χ1v) is 11.7. The molecule has 0 fully saturated rings. The summed E-state index contributed by atoms with van der Waals surface area (Å²) in [7, 11) is 0. The Morgan fingerprint density at radius 2 is 1.93 bits per heavy atom. The quantitative estimate of drug-likeness (QED) is 0.271. The number of nitrogens with zero attached hydrogens (tertiary/aromatic N) is 3. The molecule has 0 saturated heterocycles. The number of ketones is 1. The second kappa shape index (κ2) is 10.2. The summed E-state index contributed by atoms with van der Waals surface area (Å²) in [5.74, 6) is 1.13. The molecular formula is C20H21BrN4O2S2. The molecule has 1 amide bonds. The SMILES string of the molecule is CC(=O)NCCCc1nnc(SCC(=O)c2ccc(Br)s2)n1-c1ccc(C)cc1. The van der Waals surface area contributed by atoms with Crippen molar-refractivity contribution >= 4 is 50.7 Å². The van der Waals surface area contributed by atoms with Gasteiger partial charge in [-0.3, -0.25) is 14.2 Å². The number of nitrogens with one attached hydrogen (secondary N) is 1. The number of thioether (sulfide) groups is 1.